The van der Waals surface area contributed by atoms with Gasteiger partial charge in [-0.05, 0) is 12.3 Å². The van der Waals surface area contributed by atoms with Crippen LogP contribution in [0.4, 0.5) is 4.79 Å². The van der Waals surface area contributed by atoms with E-state index in [1.54, 1.807) is 6.92 Å². The number of carbonyl (C=O) groups excluding carboxylic acids is 1. The number of rotatable bonds is 5. The zero-order chi connectivity index (χ0) is 14.5. The van der Waals surface area contributed by atoms with Gasteiger partial charge in [0.05, 0.1) is 6.42 Å². The van der Waals surface area contributed by atoms with Gasteiger partial charge in [0.25, 0.3) is 0 Å². The van der Waals surface area contributed by atoms with Crippen LogP contribution in [-0.2, 0) is 9.59 Å². The molecule has 0 aliphatic rings. The SMILES string of the molecule is CC(NC(=O)N[C@@H](CC(=O)O)C(=O)O)C(C)(C)C. The maximum absolute atomic E-state index is 11.5. The molecule has 104 valence electrons. The van der Waals surface area contributed by atoms with Crippen molar-refractivity contribution in [1.29, 1.82) is 0 Å². The van der Waals surface area contributed by atoms with E-state index >= 15 is 0 Å². The van der Waals surface area contributed by atoms with Crippen molar-refractivity contribution in [2.75, 3.05) is 0 Å². The van der Waals surface area contributed by atoms with Crippen LogP contribution in [0.15, 0.2) is 0 Å². The minimum Gasteiger partial charge on any atom is -0.481 e. The van der Waals surface area contributed by atoms with E-state index in [0.29, 0.717) is 0 Å². The molecule has 4 N–H and O–H groups in total. The van der Waals surface area contributed by atoms with Gasteiger partial charge < -0.3 is 20.8 Å². The third-order valence-electron chi connectivity index (χ3n) is 2.63. The lowest BCUT2D eigenvalue weighted by Crippen LogP contribution is -2.51. The summed E-state index contributed by atoms with van der Waals surface area (Å²) in [5, 5.41) is 22.0. The van der Waals surface area contributed by atoms with Crippen molar-refractivity contribution in [2.24, 2.45) is 5.41 Å². The van der Waals surface area contributed by atoms with E-state index < -0.39 is 30.4 Å². The molecule has 0 rings (SSSR count). The number of aliphatic carboxylic acids is 2. The summed E-state index contributed by atoms with van der Waals surface area (Å²) >= 11 is 0. The van der Waals surface area contributed by atoms with Gasteiger partial charge >= 0.3 is 18.0 Å². The fourth-order valence-corrected chi connectivity index (χ4v) is 0.988. The molecule has 1 unspecified atom stereocenters. The van der Waals surface area contributed by atoms with Crippen molar-refractivity contribution in [3.8, 4) is 0 Å². The monoisotopic (exact) mass is 260 g/mol. The fourth-order valence-electron chi connectivity index (χ4n) is 0.988. The van der Waals surface area contributed by atoms with E-state index in [1.807, 2.05) is 20.8 Å². The molecule has 0 aliphatic heterocycles. The van der Waals surface area contributed by atoms with Crippen molar-refractivity contribution in [1.82, 2.24) is 10.6 Å². The Morgan fingerprint density at radius 3 is 1.94 bits per heavy atom. The molecule has 0 fully saturated rings. The van der Waals surface area contributed by atoms with E-state index in [9.17, 15) is 14.4 Å². The zero-order valence-corrected chi connectivity index (χ0v) is 11.0. The van der Waals surface area contributed by atoms with Crippen LogP contribution in [-0.4, -0.2) is 40.3 Å². The molecule has 0 saturated carbocycles. The molecule has 0 radical (unpaired) electrons. The van der Waals surface area contributed by atoms with Crippen molar-refractivity contribution in [3.63, 3.8) is 0 Å². The second kappa shape index (κ2) is 6.23. The molecule has 0 saturated heterocycles. The van der Waals surface area contributed by atoms with Gasteiger partial charge in [-0.2, -0.15) is 0 Å². The van der Waals surface area contributed by atoms with Crippen LogP contribution in [0.5, 0.6) is 0 Å². The third kappa shape index (κ3) is 6.07. The standard InChI is InChI=1S/C11H20N2O5/c1-6(11(2,3)4)12-10(18)13-7(9(16)17)5-8(14)15/h6-7H,5H2,1-4H3,(H,14,15)(H,16,17)(H2,12,13,18)/t6?,7-/m0/s1. The summed E-state index contributed by atoms with van der Waals surface area (Å²) in [4.78, 5) is 32.7. The van der Waals surface area contributed by atoms with Crippen LogP contribution >= 0.6 is 0 Å². The van der Waals surface area contributed by atoms with Crippen LogP contribution in [0, 0.1) is 5.41 Å². The Morgan fingerprint density at radius 1 is 1.11 bits per heavy atom. The molecule has 7 heteroatoms. The lowest BCUT2D eigenvalue weighted by atomic mass is 9.88. The Hall–Kier alpha value is -1.79. The molecule has 0 aromatic heterocycles. The van der Waals surface area contributed by atoms with Gasteiger partial charge in [-0.25, -0.2) is 9.59 Å². The van der Waals surface area contributed by atoms with Crippen molar-refractivity contribution in [3.05, 3.63) is 0 Å². The molecule has 0 aromatic carbocycles. The van der Waals surface area contributed by atoms with E-state index in [-0.39, 0.29) is 11.5 Å². The van der Waals surface area contributed by atoms with Crippen LogP contribution in [0.25, 0.3) is 0 Å². The maximum atomic E-state index is 11.5. The number of carboxylic acid groups (broad SMARTS) is 2. The molecular formula is C11H20N2O5. The number of amides is 2. The van der Waals surface area contributed by atoms with E-state index in [0.717, 1.165) is 0 Å². The molecule has 0 aliphatic carbocycles. The molecule has 18 heavy (non-hydrogen) atoms. The quantitative estimate of drug-likeness (QED) is 0.579. The Bertz CT molecular complexity index is 335. The fraction of sp³-hybridized carbons (Fsp3) is 0.727. The highest BCUT2D eigenvalue weighted by atomic mass is 16.4. The summed E-state index contributed by atoms with van der Waals surface area (Å²) in [5.74, 6) is -2.66. The number of nitrogens with one attached hydrogen (secondary N) is 2. The van der Waals surface area contributed by atoms with Gasteiger partial charge in [0, 0.05) is 6.04 Å². The summed E-state index contributed by atoms with van der Waals surface area (Å²) in [7, 11) is 0. The largest absolute Gasteiger partial charge is 0.481 e. The Kier molecular flexibility index (Phi) is 5.61. The predicted molar refractivity (Wildman–Crippen MR) is 64.3 cm³/mol. The smallest absolute Gasteiger partial charge is 0.326 e. The molecule has 0 heterocycles. The summed E-state index contributed by atoms with van der Waals surface area (Å²) in [5.41, 5.74) is -0.178. The van der Waals surface area contributed by atoms with E-state index in [1.165, 1.54) is 0 Å². The molecule has 0 aromatic rings. The molecule has 2 amide bonds. The summed E-state index contributed by atoms with van der Waals surface area (Å²) in [6.45, 7) is 7.55. The number of hydrogen-bond acceptors (Lipinski definition) is 3. The average molecular weight is 260 g/mol. The second-order valence-corrected chi connectivity index (χ2v) is 5.19. The summed E-state index contributed by atoms with van der Waals surface area (Å²) in [6, 6.07) is -2.31. The number of carboxylic acids is 2. The zero-order valence-electron chi connectivity index (χ0n) is 11.0. The van der Waals surface area contributed by atoms with Gasteiger partial charge in [0.1, 0.15) is 6.04 Å². The Morgan fingerprint density at radius 2 is 1.61 bits per heavy atom. The molecule has 2 atom stereocenters. The van der Waals surface area contributed by atoms with Crippen LogP contribution in [0.2, 0.25) is 0 Å². The highest BCUT2D eigenvalue weighted by Crippen LogP contribution is 2.18. The average Bonchev–Trinajstić information content (AvgIpc) is 2.13. The highest BCUT2D eigenvalue weighted by molar-refractivity contribution is 5.86. The highest BCUT2D eigenvalue weighted by Gasteiger charge is 2.26. The lowest BCUT2D eigenvalue weighted by Gasteiger charge is -2.28. The predicted octanol–water partition coefficient (Wildman–Crippen LogP) is 0.648. The minimum absolute atomic E-state index is 0.178. The number of urea groups is 1. The van der Waals surface area contributed by atoms with Crippen molar-refractivity contribution < 1.29 is 24.6 Å². The van der Waals surface area contributed by atoms with Crippen molar-refractivity contribution in [2.45, 2.75) is 46.2 Å². The van der Waals surface area contributed by atoms with E-state index in [2.05, 4.69) is 10.6 Å². The molecular weight excluding hydrogens is 240 g/mol. The Balaban J connectivity index is 4.44. The first kappa shape index (κ1) is 16.2. The van der Waals surface area contributed by atoms with Gasteiger partial charge in [-0.15, -0.1) is 0 Å². The summed E-state index contributed by atoms with van der Waals surface area (Å²) < 4.78 is 0. The summed E-state index contributed by atoms with van der Waals surface area (Å²) in [6.07, 6.45) is -0.660. The number of hydrogen-bond donors (Lipinski definition) is 4. The first-order chi connectivity index (χ1) is 8.04. The van der Waals surface area contributed by atoms with Crippen LogP contribution < -0.4 is 10.6 Å². The maximum Gasteiger partial charge on any atom is 0.326 e. The van der Waals surface area contributed by atoms with Gasteiger partial charge in [-0.1, -0.05) is 20.8 Å². The lowest BCUT2D eigenvalue weighted by molar-refractivity contribution is -0.145. The van der Waals surface area contributed by atoms with Gasteiger partial charge in [-0.3, -0.25) is 4.79 Å². The minimum atomic E-state index is -1.44. The first-order valence-electron chi connectivity index (χ1n) is 5.55. The first-order valence-corrected chi connectivity index (χ1v) is 5.55. The van der Waals surface area contributed by atoms with E-state index in [4.69, 9.17) is 10.2 Å². The second-order valence-electron chi connectivity index (χ2n) is 5.19. The van der Waals surface area contributed by atoms with Gasteiger partial charge in [0.15, 0.2) is 0 Å². The van der Waals surface area contributed by atoms with Crippen molar-refractivity contribution >= 4 is 18.0 Å². The van der Waals surface area contributed by atoms with Crippen LogP contribution in [0.1, 0.15) is 34.1 Å². The number of carbonyl (C=O) groups is 3. The molecule has 7 nitrogen and oxygen atoms in total. The van der Waals surface area contributed by atoms with Gasteiger partial charge in [0.2, 0.25) is 0 Å². The molecule has 0 spiro atoms. The topological polar surface area (TPSA) is 116 Å². The Labute approximate surface area is 106 Å². The normalized spacial score (nSPS) is 14.4. The van der Waals surface area contributed by atoms with Crippen LogP contribution in [0.3, 0.4) is 0 Å². The third-order valence-corrected chi connectivity index (χ3v) is 2.63. The molecule has 0 bridgehead atoms.